The zero-order valence-corrected chi connectivity index (χ0v) is 12.7. The summed E-state index contributed by atoms with van der Waals surface area (Å²) in [6, 6.07) is 19.1. The summed E-state index contributed by atoms with van der Waals surface area (Å²) in [5.41, 5.74) is 0.708. The normalized spacial score (nSPS) is 11.0. The predicted octanol–water partition coefficient (Wildman–Crippen LogP) is 4.66. The van der Waals surface area contributed by atoms with Crippen LogP contribution in [-0.2, 0) is 6.61 Å². The van der Waals surface area contributed by atoms with Crippen molar-refractivity contribution in [3.63, 3.8) is 0 Å². The van der Waals surface area contributed by atoms with E-state index in [1.165, 1.54) is 12.1 Å². The smallest absolute Gasteiger partial charge is 0.336 e. The van der Waals surface area contributed by atoms with E-state index in [1.807, 2.05) is 30.3 Å². The maximum absolute atomic E-state index is 13.7. The fraction of sp³-hybridized carbons (Fsp3) is 0.0500. The minimum Gasteiger partial charge on any atom is -0.486 e. The van der Waals surface area contributed by atoms with Gasteiger partial charge in [0, 0.05) is 17.0 Å². The van der Waals surface area contributed by atoms with Gasteiger partial charge in [0.15, 0.2) is 11.6 Å². The number of para-hydroxylation sites is 1. The molecular weight excluding hydrogens is 307 g/mol. The lowest BCUT2D eigenvalue weighted by atomic mass is 10.0. The molecule has 0 N–H and O–H groups in total. The highest BCUT2D eigenvalue weighted by atomic mass is 19.1. The summed E-state index contributed by atoms with van der Waals surface area (Å²) in [5.74, 6) is -0.284. The molecule has 0 aliphatic carbocycles. The molecule has 3 aromatic carbocycles. The van der Waals surface area contributed by atoms with Crippen molar-refractivity contribution in [1.29, 1.82) is 0 Å². The highest BCUT2D eigenvalue weighted by Crippen LogP contribution is 2.28. The summed E-state index contributed by atoms with van der Waals surface area (Å²) in [4.78, 5) is 11.8. The Bertz CT molecular complexity index is 1100. The standard InChI is InChI=1S/C20H13FO3/c21-16-7-3-4-8-17(16)23-12-14-11-19(22)24-18-10-9-13-5-1-2-6-15(13)20(14)18/h1-11H,12H2. The number of ether oxygens (including phenoxy) is 1. The van der Waals surface area contributed by atoms with Crippen molar-refractivity contribution in [3.05, 3.63) is 88.5 Å². The van der Waals surface area contributed by atoms with Crippen LogP contribution in [0.4, 0.5) is 4.39 Å². The quantitative estimate of drug-likeness (QED) is 0.407. The molecule has 4 rings (SSSR count). The van der Waals surface area contributed by atoms with Gasteiger partial charge in [-0.1, -0.05) is 42.5 Å². The molecule has 1 aromatic heterocycles. The maximum atomic E-state index is 13.7. The van der Waals surface area contributed by atoms with Crippen LogP contribution >= 0.6 is 0 Å². The Hall–Kier alpha value is -3.14. The van der Waals surface area contributed by atoms with E-state index in [0.717, 1.165) is 16.2 Å². The Morgan fingerprint density at radius 2 is 1.75 bits per heavy atom. The van der Waals surface area contributed by atoms with E-state index in [2.05, 4.69) is 0 Å². The summed E-state index contributed by atoms with van der Waals surface area (Å²) in [5, 5.41) is 2.81. The van der Waals surface area contributed by atoms with Crippen LogP contribution in [0, 0.1) is 5.82 Å². The molecule has 0 atom stereocenters. The van der Waals surface area contributed by atoms with Crippen LogP contribution in [0.15, 0.2) is 75.9 Å². The number of fused-ring (bicyclic) bond motifs is 3. The van der Waals surface area contributed by atoms with Crippen molar-refractivity contribution in [2.45, 2.75) is 6.61 Å². The second-order valence-corrected chi connectivity index (χ2v) is 5.47. The Labute approximate surface area is 136 Å². The summed E-state index contributed by atoms with van der Waals surface area (Å²) >= 11 is 0. The van der Waals surface area contributed by atoms with E-state index in [0.29, 0.717) is 11.1 Å². The molecule has 0 aliphatic rings. The summed E-state index contributed by atoms with van der Waals surface area (Å²) < 4.78 is 24.6. The molecular formula is C20H13FO3. The zero-order valence-electron chi connectivity index (χ0n) is 12.7. The first-order valence-corrected chi connectivity index (χ1v) is 7.54. The molecule has 118 valence electrons. The molecule has 4 heteroatoms. The van der Waals surface area contributed by atoms with E-state index >= 15 is 0 Å². The van der Waals surface area contributed by atoms with Crippen molar-refractivity contribution in [3.8, 4) is 5.75 Å². The summed E-state index contributed by atoms with van der Waals surface area (Å²) in [6.45, 7) is 0.0804. The van der Waals surface area contributed by atoms with Gasteiger partial charge in [0.1, 0.15) is 12.2 Å². The van der Waals surface area contributed by atoms with Gasteiger partial charge >= 0.3 is 5.63 Å². The number of hydrogen-bond donors (Lipinski definition) is 0. The van der Waals surface area contributed by atoms with Crippen LogP contribution in [0.3, 0.4) is 0 Å². The first-order chi connectivity index (χ1) is 11.7. The molecule has 0 saturated heterocycles. The van der Waals surface area contributed by atoms with Crippen LogP contribution in [0.1, 0.15) is 5.56 Å². The fourth-order valence-electron chi connectivity index (χ4n) is 2.85. The van der Waals surface area contributed by atoms with Crippen LogP contribution < -0.4 is 10.4 Å². The van der Waals surface area contributed by atoms with Crippen LogP contribution in [-0.4, -0.2) is 0 Å². The minimum absolute atomic E-state index is 0.0804. The monoisotopic (exact) mass is 320 g/mol. The molecule has 0 saturated carbocycles. The van der Waals surface area contributed by atoms with Crippen LogP contribution in [0.5, 0.6) is 5.75 Å². The molecule has 4 aromatic rings. The highest BCUT2D eigenvalue weighted by Gasteiger charge is 2.11. The lowest BCUT2D eigenvalue weighted by molar-refractivity contribution is 0.291. The number of rotatable bonds is 3. The average molecular weight is 320 g/mol. The lowest BCUT2D eigenvalue weighted by Crippen LogP contribution is -2.05. The molecule has 3 nitrogen and oxygen atoms in total. The SMILES string of the molecule is O=c1cc(COc2ccccc2F)c2c(ccc3ccccc32)o1. The Balaban J connectivity index is 1.86. The first kappa shape index (κ1) is 14.5. The van der Waals surface area contributed by atoms with Crippen molar-refractivity contribution >= 4 is 21.7 Å². The second-order valence-electron chi connectivity index (χ2n) is 5.47. The maximum Gasteiger partial charge on any atom is 0.336 e. The molecule has 24 heavy (non-hydrogen) atoms. The molecule has 0 unspecified atom stereocenters. The fourth-order valence-corrected chi connectivity index (χ4v) is 2.85. The highest BCUT2D eigenvalue weighted by molar-refractivity contribution is 6.06. The van der Waals surface area contributed by atoms with E-state index in [1.54, 1.807) is 24.3 Å². The minimum atomic E-state index is -0.454. The third kappa shape index (κ3) is 2.52. The van der Waals surface area contributed by atoms with Gasteiger partial charge in [-0.15, -0.1) is 0 Å². The van der Waals surface area contributed by atoms with Gasteiger partial charge in [-0.05, 0) is 29.0 Å². The molecule has 0 fully saturated rings. The van der Waals surface area contributed by atoms with Crippen LogP contribution in [0.25, 0.3) is 21.7 Å². The van der Waals surface area contributed by atoms with Crippen molar-refractivity contribution in [1.82, 2.24) is 0 Å². The van der Waals surface area contributed by atoms with E-state index < -0.39 is 11.4 Å². The summed E-state index contributed by atoms with van der Waals surface area (Å²) in [7, 11) is 0. The van der Waals surface area contributed by atoms with Gasteiger partial charge < -0.3 is 9.15 Å². The Kier molecular flexibility index (Phi) is 3.50. The summed E-state index contributed by atoms with van der Waals surface area (Å²) in [6.07, 6.45) is 0. The van der Waals surface area contributed by atoms with Gasteiger partial charge in [-0.3, -0.25) is 0 Å². The van der Waals surface area contributed by atoms with Gasteiger partial charge in [-0.25, -0.2) is 9.18 Å². The van der Waals surface area contributed by atoms with Crippen molar-refractivity contribution < 1.29 is 13.5 Å². The van der Waals surface area contributed by atoms with Gasteiger partial charge in [0.25, 0.3) is 0 Å². The first-order valence-electron chi connectivity index (χ1n) is 7.54. The molecule has 0 radical (unpaired) electrons. The predicted molar refractivity (Wildman–Crippen MR) is 90.7 cm³/mol. The van der Waals surface area contributed by atoms with Crippen LogP contribution in [0.2, 0.25) is 0 Å². The Morgan fingerprint density at radius 3 is 2.62 bits per heavy atom. The molecule has 0 amide bonds. The zero-order chi connectivity index (χ0) is 16.5. The molecule has 0 aliphatic heterocycles. The van der Waals surface area contributed by atoms with Crippen molar-refractivity contribution in [2.75, 3.05) is 0 Å². The number of halogens is 1. The molecule has 1 heterocycles. The van der Waals surface area contributed by atoms with E-state index in [9.17, 15) is 9.18 Å². The topological polar surface area (TPSA) is 39.4 Å². The van der Waals surface area contributed by atoms with Gasteiger partial charge in [0.2, 0.25) is 0 Å². The Morgan fingerprint density at radius 1 is 0.958 bits per heavy atom. The third-order valence-corrected chi connectivity index (χ3v) is 3.93. The number of benzene rings is 3. The van der Waals surface area contributed by atoms with Gasteiger partial charge in [-0.2, -0.15) is 0 Å². The van der Waals surface area contributed by atoms with Gasteiger partial charge in [0.05, 0.1) is 0 Å². The molecule has 0 spiro atoms. The number of hydrogen-bond acceptors (Lipinski definition) is 3. The largest absolute Gasteiger partial charge is 0.486 e. The third-order valence-electron chi connectivity index (χ3n) is 3.93. The average Bonchev–Trinajstić information content (AvgIpc) is 2.60. The lowest BCUT2D eigenvalue weighted by Gasteiger charge is -2.10. The van der Waals surface area contributed by atoms with Crippen molar-refractivity contribution in [2.24, 2.45) is 0 Å². The molecule has 0 bridgehead atoms. The van der Waals surface area contributed by atoms with E-state index in [-0.39, 0.29) is 12.4 Å². The van der Waals surface area contributed by atoms with E-state index in [4.69, 9.17) is 9.15 Å². The second kappa shape index (κ2) is 5.81.